The van der Waals surface area contributed by atoms with Crippen LogP contribution in [0.4, 0.5) is 4.39 Å². The summed E-state index contributed by atoms with van der Waals surface area (Å²) in [5.74, 6) is -1.72. The molecule has 0 aliphatic rings. The van der Waals surface area contributed by atoms with Crippen LogP contribution in [0.25, 0.3) is 11.1 Å². The molecule has 2 aromatic heterocycles. The van der Waals surface area contributed by atoms with Crippen molar-refractivity contribution < 1.29 is 14.3 Å². The van der Waals surface area contributed by atoms with Gasteiger partial charge in [-0.1, -0.05) is 0 Å². The molecule has 0 bridgehead atoms. The number of carboxylic acid groups (broad SMARTS) is 1. The van der Waals surface area contributed by atoms with E-state index in [4.69, 9.17) is 5.11 Å². The topological polar surface area (TPSA) is 63.1 Å². The first-order chi connectivity index (χ1) is 8.16. The Morgan fingerprint density at radius 3 is 2.59 bits per heavy atom. The van der Waals surface area contributed by atoms with Crippen molar-refractivity contribution in [1.29, 1.82) is 0 Å². The van der Waals surface area contributed by atoms with Crippen LogP contribution in [0.1, 0.15) is 5.69 Å². The largest absolute Gasteiger partial charge is 0.481 e. The standard InChI is InChI=1S/C12H9FN2O2/c13-11-2-1-9(8-3-5-14-6-4-8)10(15-11)7-12(16)17/h1-6H,7H2,(H,16,17). The van der Waals surface area contributed by atoms with Crippen LogP contribution in [-0.2, 0) is 11.2 Å². The molecule has 2 aromatic rings. The monoisotopic (exact) mass is 232 g/mol. The van der Waals surface area contributed by atoms with E-state index in [1.54, 1.807) is 24.5 Å². The van der Waals surface area contributed by atoms with Crippen LogP contribution in [0.3, 0.4) is 0 Å². The Bertz CT molecular complexity index is 543. The van der Waals surface area contributed by atoms with Crippen LogP contribution >= 0.6 is 0 Å². The van der Waals surface area contributed by atoms with Gasteiger partial charge in [-0.05, 0) is 29.8 Å². The van der Waals surface area contributed by atoms with Gasteiger partial charge in [-0.2, -0.15) is 4.39 Å². The van der Waals surface area contributed by atoms with Gasteiger partial charge >= 0.3 is 5.97 Å². The fraction of sp³-hybridized carbons (Fsp3) is 0.0833. The maximum absolute atomic E-state index is 13.0. The molecule has 0 radical (unpaired) electrons. The smallest absolute Gasteiger partial charge is 0.309 e. The SMILES string of the molecule is O=C(O)Cc1nc(F)ccc1-c1ccncc1. The molecule has 2 rings (SSSR count). The fourth-order valence-corrected chi connectivity index (χ4v) is 1.55. The number of aliphatic carboxylic acids is 1. The zero-order valence-electron chi connectivity index (χ0n) is 8.80. The van der Waals surface area contributed by atoms with E-state index in [1.807, 2.05) is 0 Å². The molecule has 0 saturated carbocycles. The molecule has 0 amide bonds. The molecule has 17 heavy (non-hydrogen) atoms. The summed E-state index contributed by atoms with van der Waals surface area (Å²) in [7, 11) is 0. The molecule has 86 valence electrons. The number of halogens is 1. The maximum atomic E-state index is 13.0. The molecule has 0 spiro atoms. The molecule has 0 unspecified atom stereocenters. The van der Waals surface area contributed by atoms with Gasteiger partial charge in [-0.25, -0.2) is 4.98 Å². The average Bonchev–Trinajstić information content (AvgIpc) is 2.29. The minimum Gasteiger partial charge on any atom is -0.481 e. The summed E-state index contributed by atoms with van der Waals surface area (Å²) in [5, 5.41) is 8.75. The van der Waals surface area contributed by atoms with Crippen molar-refractivity contribution in [3.05, 3.63) is 48.3 Å². The number of rotatable bonds is 3. The van der Waals surface area contributed by atoms with E-state index < -0.39 is 11.9 Å². The van der Waals surface area contributed by atoms with E-state index in [2.05, 4.69) is 9.97 Å². The first-order valence-corrected chi connectivity index (χ1v) is 4.94. The molecular formula is C12H9FN2O2. The Kier molecular flexibility index (Phi) is 3.09. The van der Waals surface area contributed by atoms with Gasteiger partial charge in [0.1, 0.15) is 0 Å². The molecular weight excluding hydrogens is 223 g/mol. The lowest BCUT2D eigenvalue weighted by Gasteiger charge is -2.06. The number of nitrogens with zero attached hydrogens (tertiary/aromatic N) is 2. The highest BCUT2D eigenvalue weighted by atomic mass is 19.1. The number of hydrogen-bond donors (Lipinski definition) is 1. The zero-order chi connectivity index (χ0) is 12.3. The van der Waals surface area contributed by atoms with Gasteiger partial charge in [0, 0.05) is 18.0 Å². The second-order valence-electron chi connectivity index (χ2n) is 3.43. The fourth-order valence-electron chi connectivity index (χ4n) is 1.55. The van der Waals surface area contributed by atoms with Crippen LogP contribution in [-0.4, -0.2) is 21.0 Å². The van der Waals surface area contributed by atoms with Crippen LogP contribution in [0.5, 0.6) is 0 Å². The number of aromatic nitrogens is 2. The van der Waals surface area contributed by atoms with Crippen molar-refractivity contribution in [2.45, 2.75) is 6.42 Å². The first-order valence-electron chi connectivity index (χ1n) is 4.94. The van der Waals surface area contributed by atoms with Gasteiger partial charge < -0.3 is 5.11 Å². The summed E-state index contributed by atoms with van der Waals surface area (Å²) in [5.41, 5.74) is 1.59. The van der Waals surface area contributed by atoms with E-state index >= 15 is 0 Å². The summed E-state index contributed by atoms with van der Waals surface area (Å²) in [6.45, 7) is 0. The van der Waals surface area contributed by atoms with Gasteiger partial charge in [0.25, 0.3) is 0 Å². The number of carboxylic acids is 1. The molecule has 5 heteroatoms. The molecule has 2 heterocycles. The van der Waals surface area contributed by atoms with Crippen LogP contribution < -0.4 is 0 Å². The molecule has 4 nitrogen and oxygen atoms in total. The quantitative estimate of drug-likeness (QED) is 0.821. The summed E-state index contributed by atoms with van der Waals surface area (Å²) in [6, 6.07) is 6.18. The predicted octanol–water partition coefficient (Wildman–Crippen LogP) is 1.91. The third kappa shape index (κ3) is 2.63. The van der Waals surface area contributed by atoms with Crippen molar-refractivity contribution in [3.63, 3.8) is 0 Å². The van der Waals surface area contributed by atoms with E-state index in [0.29, 0.717) is 5.56 Å². The van der Waals surface area contributed by atoms with Crippen molar-refractivity contribution in [3.8, 4) is 11.1 Å². The van der Waals surface area contributed by atoms with Crippen LogP contribution in [0, 0.1) is 5.95 Å². The molecule has 0 saturated heterocycles. The van der Waals surface area contributed by atoms with E-state index in [-0.39, 0.29) is 12.1 Å². The second-order valence-corrected chi connectivity index (χ2v) is 3.43. The van der Waals surface area contributed by atoms with Gasteiger partial charge in [0.05, 0.1) is 12.1 Å². The molecule has 0 atom stereocenters. The Balaban J connectivity index is 2.50. The van der Waals surface area contributed by atoms with E-state index in [0.717, 1.165) is 5.56 Å². The highest BCUT2D eigenvalue weighted by Crippen LogP contribution is 2.22. The summed E-state index contributed by atoms with van der Waals surface area (Å²) in [4.78, 5) is 18.2. The van der Waals surface area contributed by atoms with E-state index in [1.165, 1.54) is 12.1 Å². The molecule has 0 aromatic carbocycles. The molecule has 0 aliphatic heterocycles. The third-order valence-corrected chi connectivity index (χ3v) is 2.25. The predicted molar refractivity (Wildman–Crippen MR) is 58.8 cm³/mol. The summed E-state index contributed by atoms with van der Waals surface area (Å²) >= 11 is 0. The second kappa shape index (κ2) is 4.69. The highest BCUT2D eigenvalue weighted by molar-refractivity contribution is 5.75. The number of carbonyl (C=O) groups is 1. The van der Waals surface area contributed by atoms with Gasteiger partial charge in [0.15, 0.2) is 0 Å². The maximum Gasteiger partial charge on any atom is 0.309 e. The normalized spacial score (nSPS) is 10.2. The van der Waals surface area contributed by atoms with Crippen LogP contribution in [0.15, 0.2) is 36.7 Å². The average molecular weight is 232 g/mol. The molecule has 0 fully saturated rings. The number of pyridine rings is 2. The summed E-state index contributed by atoms with van der Waals surface area (Å²) < 4.78 is 13.0. The van der Waals surface area contributed by atoms with Gasteiger partial charge in [0.2, 0.25) is 5.95 Å². The van der Waals surface area contributed by atoms with Crippen molar-refractivity contribution in [2.24, 2.45) is 0 Å². The summed E-state index contributed by atoms with van der Waals surface area (Å²) in [6.07, 6.45) is 2.86. The van der Waals surface area contributed by atoms with Crippen LogP contribution in [0.2, 0.25) is 0 Å². The lowest BCUT2D eigenvalue weighted by molar-refractivity contribution is -0.136. The lowest BCUT2D eigenvalue weighted by atomic mass is 10.0. The minimum atomic E-state index is -1.04. The Hall–Kier alpha value is -2.30. The Morgan fingerprint density at radius 1 is 1.24 bits per heavy atom. The Morgan fingerprint density at radius 2 is 1.94 bits per heavy atom. The van der Waals surface area contributed by atoms with Gasteiger partial charge in [-0.15, -0.1) is 0 Å². The van der Waals surface area contributed by atoms with Crippen molar-refractivity contribution in [1.82, 2.24) is 9.97 Å². The zero-order valence-corrected chi connectivity index (χ0v) is 8.80. The molecule has 1 N–H and O–H groups in total. The lowest BCUT2D eigenvalue weighted by Crippen LogP contribution is -2.05. The Labute approximate surface area is 96.8 Å². The van der Waals surface area contributed by atoms with Gasteiger partial charge in [-0.3, -0.25) is 9.78 Å². The minimum absolute atomic E-state index is 0.212. The first kappa shape index (κ1) is 11.2. The highest BCUT2D eigenvalue weighted by Gasteiger charge is 2.11. The third-order valence-electron chi connectivity index (χ3n) is 2.25. The molecule has 0 aliphatic carbocycles. The van der Waals surface area contributed by atoms with Crippen molar-refractivity contribution in [2.75, 3.05) is 0 Å². The number of hydrogen-bond acceptors (Lipinski definition) is 3. The van der Waals surface area contributed by atoms with Crippen molar-refractivity contribution >= 4 is 5.97 Å². The van der Waals surface area contributed by atoms with E-state index in [9.17, 15) is 9.18 Å².